The number of hydrogen-bond acceptors (Lipinski definition) is 8. The fourth-order valence-electron chi connectivity index (χ4n) is 3.08. The van der Waals surface area contributed by atoms with E-state index in [0.29, 0.717) is 0 Å². The Morgan fingerprint density at radius 3 is 2.83 bits per heavy atom. The molecule has 1 aromatic carbocycles. The van der Waals surface area contributed by atoms with E-state index in [4.69, 9.17) is 20.8 Å². The highest BCUT2D eigenvalue weighted by Crippen LogP contribution is 2.32. The monoisotopic (exact) mass is 430 g/mol. The van der Waals surface area contributed by atoms with Gasteiger partial charge in [0.15, 0.2) is 6.61 Å². The van der Waals surface area contributed by atoms with E-state index in [9.17, 15) is 19.7 Å². The Bertz CT molecular complexity index is 1180. The van der Waals surface area contributed by atoms with Gasteiger partial charge in [-0.15, -0.1) is 10.2 Å². The lowest BCUT2D eigenvalue weighted by Gasteiger charge is -2.27. The summed E-state index contributed by atoms with van der Waals surface area (Å²) in [6.45, 7) is -0.384. The first-order valence-corrected chi connectivity index (χ1v) is 9.47. The molecule has 4 rings (SSSR count). The van der Waals surface area contributed by atoms with Crippen LogP contribution in [0.25, 0.3) is 11.5 Å². The number of hydrogen-bond donors (Lipinski definition) is 0. The number of carbonyl (C=O) groups is 1. The highest BCUT2D eigenvalue weighted by Gasteiger charge is 2.24. The summed E-state index contributed by atoms with van der Waals surface area (Å²) in [5, 5.41) is 18.9. The maximum Gasteiger partial charge on any atom is 0.344 e. The first-order chi connectivity index (χ1) is 14.4. The molecule has 1 aliphatic rings. The third-order valence-electron chi connectivity index (χ3n) is 4.84. The van der Waals surface area contributed by atoms with Crippen molar-refractivity contribution < 1.29 is 18.9 Å². The van der Waals surface area contributed by atoms with Crippen molar-refractivity contribution in [3.8, 4) is 11.5 Å². The fraction of sp³-hybridized carbons (Fsp3) is 0.263. The lowest BCUT2D eigenvalue weighted by Crippen LogP contribution is -2.32. The first kappa shape index (κ1) is 19.8. The summed E-state index contributed by atoms with van der Waals surface area (Å²) in [6.07, 6.45) is 4.52. The third-order valence-corrected chi connectivity index (χ3v) is 5.08. The van der Waals surface area contributed by atoms with Crippen LogP contribution >= 0.6 is 11.6 Å². The molecule has 2 aromatic heterocycles. The van der Waals surface area contributed by atoms with Gasteiger partial charge in [-0.1, -0.05) is 11.6 Å². The van der Waals surface area contributed by atoms with Gasteiger partial charge in [-0.3, -0.25) is 14.9 Å². The average Bonchev–Trinajstić information content (AvgIpc) is 3.15. The largest absolute Gasteiger partial charge is 0.452 e. The number of carbonyl (C=O) groups excluding carboxylic acids is 1. The van der Waals surface area contributed by atoms with E-state index in [-0.39, 0.29) is 46.3 Å². The minimum atomic E-state index is -0.814. The number of nitrogens with zero attached hydrogens (tertiary/aromatic N) is 4. The number of halogens is 1. The number of benzene rings is 1. The van der Waals surface area contributed by atoms with E-state index in [1.807, 2.05) is 0 Å². The molecule has 154 valence electrons. The smallest absolute Gasteiger partial charge is 0.344 e. The second-order valence-electron chi connectivity index (χ2n) is 6.71. The molecule has 0 aliphatic heterocycles. The van der Waals surface area contributed by atoms with Crippen LogP contribution in [0.1, 0.15) is 41.6 Å². The number of ether oxygens (including phenoxy) is 1. The highest BCUT2D eigenvalue weighted by molar-refractivity contribution is 6.30. The zero-order valence-electron chi connectivity index (χ0n) is 15.5. The number of esters is 1. The molecule has 0 bridgehead atoms. The summed E-state index contributed by atoms with van der Waals surface area (Å²) < 4.78 is 12.0. The molecule has 2 heterocycles. The molecule has 30 heavy (non-hydrogen) atoms. The molecule has 0 unspecified atom stereocenters. The van der Waals surface area contributed by atoms with Gasteiger partial charge in [0.05, 0.1) is 4.92 Å². The molecule has 1 aliphatic carbocycles. The second kappa shape index (κ2) is 8.07. The van der Waals surface area contributed by atoms with Gasteiger partial charge < -0.3 is 13.7 Å². The van der Waals surface area contributed by atoms with E-state index >= 15 is 0 Å². The Kier molecular flexibility index (Phi) is 5.32. The normalized spacial score (nSPS) is 13.6. The van der Waals surface area contributed by atoms with Crippen LogP contribution in [0, 0.1) is 10.1 Å². The molecule has 0 N–H and O–H groups in total. The van der Waals surface area contributed by atoms with Crippen molar-refractivity contribution in [1.29, 1.82) is 0 Å². The molecule has 11 heteroatoms. The zero-order chi connectivity index (χ0) is 21.3. The second-order valence-corrected chi connectivity index (χ2v) is 7.15. The van der Waals surface area contributed by atoms with Crippen LogP contribution in [0.2, 0.25) is 5.02 Å². The van der Waals surface area contributed by atoms with Crippen LogP contribution in [-0.4, -0.2) is 25.7 Å². The number of nitro groups is 1. The summed E-state index contributed by atoms with van der Waals surface area (Å²) in [5.74, 6) is -1.000. The van der Waals surface area contributed by atoms with Gasteiger partial charge >= 0.3 is 5.97 Å². The lowest BCUT2D eigenvalue weighted by molar-refractivity contribution is -0.384. The number of rotatable bonds is 6. The van der Waals surface area contributed by atoms with Crippen LogP contribution in [-0.2, 0) is 11.3 Å². The van der Waals surface area contributed by atoms with E-state index < -0.39 is 16.5 Å². The maximum atomic E-state index is 12.5. The molecule has 0 spiro atoms. The van der Waals surface area contributed by atoms with Crippen molar-refractivity contribution in [3.63, 3.8) is 0 Å². The summed E-state index contributed by atoms with van der Waals surface area (Å²) in [4.78, 5) is 35.5. The topological polar surface area (TPSA) is 130 Å². The van der Waals surface area contributed by atoms with Crippen LogP contribution in [0.4, 0.5) is 5.69 Å². The molecule has 3 aromatic rings. The van der Waals surface area contributed by atoms with Crippen LogP contribution in [0.5, 0.6) is 0 Å². The van der Waals surface area contributed by atoms with Gasteiger partial charge in [-0.05, 0) is 43.5 Å². The van der Waals surface area contributed by atoms with Crippen molar-refractivity contribution in [3.05, 3.63) is 73.5 Å². The van der Waals surface area contributed by atoms with Gasteiger partial charge in [0.1, 0.15) is 11.1 Å². The minimum absolute atomic E-state index is 0.0714. The summed E-state index contributed by atoms with van der Waals surface area (Å²) in [5.41, 5.74) is -0.705. The van der Waals surface area contributed by atoms with E-state index in [1.165, 1.54) is 24.3 Å². The SMILES string of the molecule is O=C(OCc1nnc(-c2ccc(Cl)cc2[N+](=O)[O-])o1)c1cccn(C2CCC2)c1=O. The predicted octanol–water partition coefficient (Wildman–Crippen LogP) is 3.54. The first-order valence-electron chi connectivity index (χ1n) is 9.09. The number of aromatic nitrogens is 3. The van der Waals surface area contributed by atoms with Crippen molar-refractivity contribution in [1.82, 2.24) is 14.8 Å². The van der Waals surface area contributed by atoms with Crippen molar-refractivity contribution >= 4 is 23.3 Å². The van der Waals surface area contributed by atoms with Gasteiger partial charge in [-0.25, -0.2) is 4.79 Å². The Hall–Kier alpha value is -3.53. The van der Waals surface area contributed by atoms with E-state index in [1.54, 1.807) is 16.8 Å². The summed E-state index contributed by atoms with van der Waals surface area (Å²) >= 11 is 5.80. The van der Waals surface area contributed by atoms with Gasteiger partial charge in [0, 0.05) is 23.3 Å². The Morgan fingerprint density at radius 2 is 2.13 bits per heavy atom. The Labute approximate surface area is 174 Å². The standard InChI is InChI=1S/C19H15ClN4O6/c20-11-6-7-13(15(9-11)24(27)28)17-22-21-16(30-17)10-29-19(26)14-5-2-8-23(18(14)25)12-3-1-4-12/h2,5-9,12H,1,3-4,10H2. The lowest BCUT2D eigenvalue weighted by atomic mass is 9.92. The van der Waals surface area contributed by atoms with Gasteiger partial charge in [0.25, 0.3) is 23.0 Å². The molecular formula is C19H15ClN4O6. The van der Waals surface area contributed by atoms with E-state index in [2.05, 4.69) is 10.2 Å². The molecular weight excluding hydrogens is 416 g/mol. The predicted molar refractivity (Wildman–Crippen MR) is 104 cm³/mol. The third kappa shape index (κ3) is 3.81. The van der Waals surface area contributed by atoms with Crippen LogP contribution < -0.4 is 5.56 Å². The minimum Gasteiger partial charge on any atom is -0.452 e. The Morgan fingerprint density at radius 1 is 1.33 bits per heavy atom. The highest BCUT2D eigenvalue weighted by atomic mass is 35.5. The average molecular weight is 431 g/mol. The number of nitro benzene ring substituents is 1. The quantitative estimate of drug-likeness (QED) is 0.329. The maximum absolute atomic E-state index is 12.5. The molecule has 0 atom stereocenters. The van der Waals surface area contributed by atoms with Gasteiger partial charge in [0.2, 0.25) is 0 Å². The fourth-order valence-corrected chi connectivity index (χ4v) is 3.25. The molecule has 1 saturated carbocycles. The molecule has 0 saturated heterocycles. The molecule has 10 nitrogen and oxygen atoms in total. The zero-order valence-corrected chi connectivity index (χ0v) is 16.2. The van der Waals surface area contributed by atoms with Crippen LogP contribution in [0.15, 0.2) is 45.7 Å². The molecule has 0 radical (unpaired) electrons. The van der Waals surface area contributed by atoms with Gasteiger partial charge in [-0.2, -0.15) is 0 Å². The van der Waals surface area contributed by atoms with Crippen molar-refractivity contribution in [2.75, 3.05) is 0 Å². The molecule has 1 fully saturated rings. The summed E-state index contributed by atoms with van der Waals surface area (Å²) in [7, 11) is 0. The summed E-state index contributed by atoms with van der Waals surface area (Å²) in [6, 6.07) is 7.15. The van der Waals surface area contributed by atoms with Crippen molar-refractivity contribution in [2.24, 2.45) is 0 Å². The van der Waals surface area contributed by atoms with Crippen molar-refractivity contribution in [2.45, 2.75) is 31.9 Å². The van der Waals surface area contributed by atoms with E-state index in [0.717, 1.165) is 19.3 Å². The molecule has 0 amide bonds. The van der Waals surface area contributed by atoms with Crippen LogP contribution in [0.3, 0.4) is 0 Å². The Balaban J connectivity index is 1.49. The number of pyridine rings is 1.